The normalized spacial score (nSPS) is 10.4. The van der Waals surface area contributed by atoms with Crippen molar-refractivity contribution in [1.29, 1.82) is 0 Å². The van der Waals surface area contributed by atoms with E-state index in [1.807, 2.05) is 30.3 Å². The number of anilines is 4. The molecule has 0 radical (unpaired) electrons. The van der Waals surface area contributed by atoms with E-state index in [9.17, 15) is 10.1 Å². The van der Waals surface area contributed by atoms with Crippen LogP contribution in [-0.2, 0) is 0 Å². The van der Waals surface area contributed by atoms with E-state index in [0.29, 0.717) is 5.02 Å². The van der Waals surface area contributed by atoms with Gasteiger partial charge in [0.2, 0.25) is 11.8 Å². The van der Waals surface area contributed by atoms with Gasteiger partial charge in [0, 0.05) is 23.4 Å². The number of benzene rings is 2. The zero-order chi connectivity index (χ0) is 18.7. The number of halogens is 1. The van der Waals surface area contributed by atoms with Gasteiger partial charge in [-0.15, -0.1) is 0 Å². The summed E-state index contributed by atoms with van der Waals surface area (Å²) >= 11 is 5.89. The third-order valence-corrected chi connectivity index (χ3v) is 4.04. The smallest absolute Gasteiger partial charge is 0.324 e. The van der Waals surface area contributed by atoms with Crippen molar-refractivity contribution in [3.05, 3.63) is 75.4 Å². The number of hydrogen-bond donors (Lipinski definition) is 1. The van der Waals surface area contributed by atoms with Crippen molar-refractivity contribution in [1.82, 2.24) is 9.97 Å². The second-order valence-electron chi connectivity index (χ2n) is 5.59. The topological polar surface area (TPSA) is 84.2 Å². The van der Waals surface area contributed by atoms with Gasteiger partial charge in [-0.1, -0.05) is 29.8 Å². The van der Waals surface area contributed by atoms with Gasteiger partial charge in [0.15, 0.2) is 0 Å². The molecule has 1 aromatic heterocycles. The van der Waals surface area contributed by atoms with Gasteiger partial charge in [-0.3, -0.25) is 10.1 Å². The van der Waals surface area contributed by atoms with E-state index >= 15 is 0 Å². The molecule has 0 aliphatic heterocycles. The first-order valence-electron chi connectivity index (χ1n) is 7.80. The van der Waals surface area contributed by atoms with Crippen molar-refractivity contribution in [2.75, 3.05) is 17.3 Å². The van der Waals surface area contributed by atoms with Gasteiger partial charge >= 0.3 is 5.69 Å². The average Bonchev–Trinajstić information content (AvgIpc) is 2.63. The van der Waals surface area contributed by atoms with Crippen LogP contribution in [0, 0.1) is 17.0 Å². The average molecular weight is 370 g/mol. The third kappa shape index (κ3) is 3.73. The number of para-hydroxylation sites is 1. The zero-order valence-electron chi connectivity index (χ0n) is 14.2. The van der Waals surface area contributed by atoms with Gasteiger partial charge in [0.25, 0.3) is 0 Å². The lowest BCUT2D eigenvalue weighted by Gasteiger charge is -2.19. The lowest BCUT2D eigenvalue weighted by atomic mass is 10.2. The van der Waals surface area contributed by atoms with E-state index in [1.54, 1.807) is 43.1 Å². The Kier molecular flexibility index (Phi) is 4.99. The number of aryl methyl sites for hydroxylation is 1. The van der Waals surface area contributed by atoms with Crippen molar-refractivity contribution in [3.63, 3.8) is 0 Å². The summed E-state index contributed by atoms with van der Waals surface area (Å²) in [6.45, 7) is 1.59. The van der Waals surface area contributed by atoms with Crippen LogP contribution in [0.15, 0.2) is 54.6 Å². The molecule has 0 saturated heterocycles. The predicted octanol–water partition coefficient (Wildman–Crippen LogP) is 4.86. The monoisotopic (exact) mass is 369 g/mol. The van der Waals surface area contributed by atoms with Gasteiger partial charge in [0.05, 0.1) is 4.92 Å². The van der Waals surface area contributed by atoms with Gasteiger partial charge in [-0.25, -0.2) is 4.98 Å². The molecular weight excluding hydrogens is 354 g/mol. The standard InChI is InChI=1S/C18H16ClN5O2/c1-12-16(24(25)26)17(23(2)15-6-4-3-5-7-15)22-18(20-12)21-14-10-8-13(19)9-11-14/h3-11H,1-2H3,(H,20,21,22). The molecule has 26 heavy (non-hydrogen) atoms. The first-order chi connectivity index (χ1) is 12.5. The molecule has 3 aromatic rings. The molecule has 0 aliphatic carbocycles. The van der Waals surface area contributed by atoms with Gasteiger partial charge in [0.1, 0.15) is 5.69 Å². The SMILES string of the molecule is Cc1nc(Nc2ccc(Cl)cc2)nc(N(C)c2ccccc2)c1[N+](=O)[O-]. The lowest BCUT2D eigenvalue weighted by Crippen LogP contribution is -2.16. The summed E-state index contributed by atoms with van der Waals surface area (Å²) in [5.41, 5.74) is 1.67. The highest BCUT2D eigenvalue weighted by atomic mass is 35.5. The second-order valence-corrected chi connectivity index (χ2v) is 6.02. The van der Waals surface area contributed by atoms with Crippen molar-refractivity contribution < 1.29 is 4.92 Å². The van der Waals surface area contributed by atoms with Crippen LogP contribution in [-0.4, -0.2) is 21.9 Å². The summed E-state index contributed by atoms with van der Waals surface area (Å²) in [4.78, 5) is 21.4. The minimum absolute atomic E-state index is 0.127. The van der Waals surface area contributed by atoms with Crippen LogP contribution in [0.4, 0.5) is 28.8 Å². The number of hydrogen-bond acceptors (Lipinski definition) is 6. The van der Waals surface area contributed by atoms with Crippen LogP contribution in [0.3, 0.4) is 0 Å². The molecule has 0 aliphatic rings. The Balaban J connectivity index is 2.04. The number of nitrogens with one attached hydrogen (secondary N) is 1. The van der Waals surface area contributed by atoms with E-state index in [2.05, 4.69) is 15.3 Å². The molecule has 0 bridgehead atoms. The molecule has 0 atom stereocenters. The highest BCUT2D eigenvalue weighted by molar-refractivity contribution is 6.30. The molecule has 0 spiro atoms. The summed E-state index contributed by atoms with van der Waals surface area (Å²) in [6.07, 6.45) is 0. The van der Waals surface area contributed by atoms with Crippen LogP contribution in [0.2, 0.25) is 5.02 Å². The highest BCUT2D eigenvalue weighted by Gasteiger charge is 2.25. The Hall–Kier alpha value is -3.19. The fourth-order valence-electron chi connectivity index (χ4n) is 2.49. The fourth-order valence-corrected chi connectivity index (χ4v) is 2.62. The molecule has 3 rings (SSSR count). The van der Waals surface area contributed by atoms with Crippen LogP contribution in [0.1, 0.15) is 5.69 Å². The number of rotatable bonds is 5. The Morgan fingerprint density at radius 3 is 2.35 bits per heavy atom. The molecule has 1 N–H and O–H groups in total. The van der Waals surface area contributed by atoms with Gasteiger partial charge in [-0.05, 0) is 43.3 Å². The molecule has 0 unspecified atom stereocenters. The maximum atomic E-state index is 11.5. The van der Waals surface area contributed by atoms with Crippen molar-refractivity contribution >= 4 is 40.4 Å². The molecule has 1 heterocycles. The molecule has 7 nitrogen and oxygen atoms in total. The third-order valence-electron chi connectivity index (χ3n) is 3.78. The van der Waals surface area contributed by atoms with Crippen molar-refractivity contribution in [2.45, 2.75) is 6.92 Å². The van der Waals surface area contributed by atoms with E-state index in [0.717, 1.165) is 11.4 Å². The number of nitrogens with zero attached hydrogens (tertiary/aromatic N) is 4. The van der Waals surface area contributed by atoms with Crippen molar-refractivity contribution in [2.24, 2.45) is 0 Å². The maximum Gasteiger partial charge on any atom is 0.333 e. The molecule has 8 heteroatoms. The first kappa shape index (κ1) is 17.6. The Morgan fingerprint density at radius 1 is 1.08 bits per heavy atom. The van der Waals surface area contributed by atoms with E-state index < -0.39 is 4.92 Å². The molecule has 0 fully saturated rings. The highest BCUT2D eigenvalue weighted by Crippen LogP contribution is 2.33. The lowest BCUT2D eigenvalue weighted by molar-refractivity contribution is -0.385. The Labute approximate surface area is 155 Å². The second kappa shape index (κ2) is 7.37. The zero-order valence-corrected chi connectivity index (χ0v) is 14.9. The van der Waals surface area contributed by atoms with Crippen LogP contribution in [0.25, 0.3) is 0 Å². The maximum absolute atomic E-state index is 11.5. The van der Waals surface area contributed by atoms with E-state index in [1.165, 1.54) is 0 Å². The van der Waals surface area contributed by atoms with Gasteiger partial charge < -0.3 is 10.2 Å². The predicted molar refractivity (Wildman–Crippen MR) is 103 cm³/mol. The molecule has 132 valence electrons. The molecule has 2 aromatic carbocycles. The summed E-state index contributed by atoms with van der Waals surface area (Å²) in [7, 11) is 1.73. The summed E-state index contributed by atoms with van der Waals surface area (Å²) in [6, 6.07) is 16.3. The quantitative estimate of drug-likeness (QED) is 0.510. The van der Waals surface area contributed by atoms with E-state index in [-0.39, 0.29) is 23.1 Å². The summed E-state index contributed by atoms with van der Waals surface area (Å²) < 4.78 is 0. The summed E-state index contributed by atoms with van der Waals surface area (Å²) in [5, 5.41) is 15.2. The largest absolute Gasteiger partial charge is 0.333 e. The van der Waals surface area contributed by atoms with Crippen molar-refractivity contribution in [3.8, 4) is 0 Å². The number of nitro groups is 1. The molecular formula is C18H16ClN5O2. The van der Waals surface area contributed by atoms with Gasteiger partial charge in [-0.2, -0.15) is 4.98 Å². The number of aromatic nitrogens is 2. The van der Waals surface area contributed by atoms with Crippen LogP contribution >= 0.6 is 11.6 Å². The molecule has 0 amide bonds. The van der Waals surface area contributed by atoms with Crippen LogP contribution in [0.5, 0.6) is 0 Å². The first-order valence-corrected chi connectivity index (χ1v) is 8.18. The Morgan fingerprint density at radius 2 is 1.73 bits per heavy atom. The minimum atomic E-state index is -0.462. The van der Waals surface area contributed by atoms with E-state index in [4.69, 9.17) is 11.6 Å². The minimum Gasteiger partial charge on any atom is -0.324 e. The fraction of sp³-hybridized carbons (Fsp3) is 0.111. The summed E-state index contributed by atoms with van der Waals surface area (Å²) in [5.74, 6) is 0.485. The Bertz CT molecular complexity index is 932. The van der Waals surface area contributed by atoms with Crippen LogP contribution < -0.4 is 10.2 Å². The molecule has 0 saturated carbocycles.